The molecular weight excluding hydrogens is 492 g/mol. The zero-order valence-electron chi connectivity index (χ0n) is 16.3. The number of benzene rings is 3. The van der Waals surface area contributed by atoms with Gasteiger partial charge in [-0.1, -0.05) is 70.7 Å². The first kappa shape index (κ1) is 23.8. The number of halogens is 4. The normalized spacial score (nSPS) is 11.8. The van der Waals surface area contributed by atoms with E-state index in [9.17, 15) is 4.79 Å². The lowest BCUT2D eigenvalue weighted by Gasteiger charge is -2.07. The topological polar surface area (TPSA) is 78.2 Å². The summed E-state index contributed by atoms with van der Waals surface area (Å²) in [6.45, 7) is 0. The van der Waals surface area contributed by atoms with Crippen molar-refractivity contribution in [3.8, 4) is 0 Å². The molecule has 3 aromatic rings. The van der Waals surface area contributed by atoms with E-state index in [4.69, 9.17) is 46.4 Å². The molecule has 162 valence electrons. The van der Waals surface area contributed by atoms with Gasteiger partial charge in [-0.15, -0.1) is 5.10 Å². The van der Waals surface area contributed by atoms with Gasteiger partial charge in [-0.2, -0.15) is 10.2 Å². The first-order chi connectivity index (χ1) is 15.4. The maximum absolute atomic E-state index is 12.6. The molecule has 2 N–H and O–H groups in total. The van der Waals surface area contributed by atoms with Crippen molar-refractivity contribution in [2.75, 3.05) is 0 Å². The molecule has 0 aromatic heterocycles. The molecule has 0 aliphatic carbocycles. The van der Waals surface area contributed by atoms with E-state index in [2.05, 4.69) is 26.0 Å². The van der Waals surface area contributed by atoms with Crippen molar-refractivity contribution < 1.29 is 4.79 Å². The van der Waals surface area contributed by atoms with Crippen molar-refractivity contribution in [3.05, 3.63) is 104 Å². The zero-order valence-corrected chi connectivity index (χ0v) is 19.3. The Morgan fingerprint density at radius 2 is 1.34 bits per heavy atom. The average Bonchev–Trinajstić information content (AvgIpc) is 2.78. The van der Waals surface area contributed by atoms with E-state index in [-0.39, 0.29) is 16.5 Å². The fourth-order valence-electron chi connectivity index (χ4n) is 2.31. The van der Waals surface area contributed by atoms with Gasteiger partial charge in [0, 0.05) is 15.6 Å². The van der Waals surface area contributed by atoms with Crippen LogP contribution >= 0.6 is 46.4 Å². The van der Waals surface area contributed by atoms with E-state index >= 15 is 0 Å². The summed E-state index contributed by atoms with van der Waals surface area (Å²) in [6, 6.07) is 18.6. The predicted molar refractivity (Wildman–Crippen MR) is 133 cm³/mol. The van der Waals surface area contributed by atoms with Crippen molar-refractivity contribution in [2.45, 2.75) is 0 Å². The number of carbonyl (C=O) groups is 1. The molecule has 32 heavy (non-hydrogen) atoms. The second-order valence-electron chi connectivity index (χ2n) is 6.25. The molecule has 6 nitrogen and oxygen atoms in total. The molecule has 0 bridgehead atoms. The highest BCUT2D eigenvalue weighted by molar-refractivity contribution is 6.42. The van der Waals surface area contributed by atoms with Gasteiger partial charge in [0.25, 0.3) is 5.91 Å². The van der Waals surface area contributed by atoms with Gasteiger partial charge in [0.2, 0.25) is 5.96 Å². The molecule has 0 fully saturated rings. The summed E-state index contributed by atoms with van der Waals surface area (Å²) < 4.78 is 0. The molecule has 3 aromatic carbocycles. The van der Waals surface area contributed by atoms with E-state index in [0.717, 1.165) is 11.1 Å². The largest absolute Gasteiger partial charge is 0.290 e. The molecule has 1 amide bonds. The molecule has 0 atom stereocenters. The van der Waals surface area contributed by atoms with Crippen LogP contribution in [0.15, 0.2) is 82.0 Å². The van der Waals surface area contributed by atoms with Crippen LogP contribution in [0.5, 0.6) is 0 Å². The van der Waals surface area contributed by atoms with Crippen LogP contribution in [0.1, 0.15) is 21.5 Å². The summed E-state index contributed by atoms with van der Waals surface area (Å²) in [5, 5.41) is 16.5. The number of amides is 1. The van der Waals surface area contributed by atoms with Gasteiger partial charge in [0.05, 0.1) is 22.5 Å². The molecule has 0 saturated carbocycles. The minimum absolute atomic E-state index is 0.00324. The van der Waals surface area contributed by atoms with E-state index in [1.807, 2.05) is 0 Å². The van der Waals surface area contributed by atoms with Crippen molar-refractivity contribution in [3.63, 3.8) is 0 Å². The third-order valence-corrected chi connectivity index (χ3v) is 5.15. The Kier molecular flexibility index (Phi) is 8.64. The Morgan fingerprint density at radius 3 is 1.94 bits per heavy atom. The average molecular weight is 507 g/mol. The number of guanidine groups is 1. The molecule has 0 aliphatic heterocycles. The number of hydrazone groups is 1. The van der Waals surface area contributed by atoms with E-state index in [0.29, 0.717) is 15.1 Å². The van der Waals surface area contributed by atoms with E-state index in [1.54, 1.807) is 54.7 Å². The number of rotatable bonds is 5. The van der Waals surface area contributed by atoms with E-state index in [1.165, 1.54) is 24.4 Å². The minimum Gasteiger partial charge on any atom is -0.290 e. The first-order valence-corrected chi connectivity index (χ1v) is 10.6. The van der Waals surface area contributed by atoms with Crippen LogP contribution in [-0.4, -0.2) is 24.3 Å². The van der Waals surface area contributed by atoms with Crippen LogP contribution < -0.4 is 10.7 Å². The molecule has 0 spiro atoms. The zero-order chi connectivity index (χ0) is 22.9. The molecule has 0 saturated heterocycles. The molecular formula is C22H15Cl4N5O. The first-order valence-electron chi connectivity index (χ1n) is 9.08. The predicted octanol–water partition coefficient (Wildman–Crippen LogP) is 6.04. The Hall–Kier alpha value is -2.90. The summed E-state index contributed by atoms with van der Waals surface area (Å²) in [5.74, 6) is -0.477. The maximum Gasteiger partial charge on any atom is 0.258 e. The van der Waals surface area contributed by atoms with Gasteiger partial charge in [0.1, 0.15) is 0 Å². The third kappa shape index (κ3) is 7.35. The molecule has 0 aliphatic rings. The third-order valence-electron chi connectivity index (χ3n) is 3.90. The summed E-state index contributed by atoms with van der Waals surface area (Å²) in [7, 11) is 0. The smallest absolute Gasteiger partial charge is 0.258 e. The Morgan fingerprint density at radius 1 is 0.750 bits per heavy atom. The summed E-state index contributed by atoms with van der Waals surface area (Å²) in [4.78, 5) is 12.6. The fourth-order valence-corrected chi connectivity index (χ4v) is 2.86. The van der Waals surface area contributed by atoms with Crippen LogP contribution in [0.25, 0.3) is 0 Å². The number of nitrogens with zero attached hydrogens (tertiary/aromatic N) is 3. The lowest BCUT2D eigenvalue weighted by molar-refractivity contribution is 0.0975. The number of hydrogen-bond donors (Lipinski definition) is 2. The van der Waals surface area contributed by atoms with Crippen molar-refractivity contribution in [2.24, 2.45) is 15.3 Å². The molecule has 0 heterocycles. The number of nitrogens with one attached hydrogen (secondary N) is 2. The lowest BCUT2D eigenvalue weighted by atomic mass is 10.2. The summed E-state index contributed by atoms with van der Waals surface area (Å²) in [5.41, 5.74) is 4.52. The van der Waals surface area contributed by atoms with E-state index < -0.39 is 5.91 Å². The van der Waals surface area contributed by atoms with Crippen molar-refractivity contribution in [1.29, 1.82) is 0 Å². The minimum atomic E-state index is -0.474. The highest BCUT2D eigenvalue weighted by atomic mass is 35.5. The maximum atomic E-state index is 12.6. The van der Waals surface area contributed by atoms with Gasteiger partial charge in [-0.25, -0.2) is 5.43 Å². The van der Waals surface area contributed by atoms with Crippen LogP contribution in [0.2, 0.25) is 20.1 Å². The van der Waals surface area contributed by atoms with Gasteiger partial charge >= 0.3 is 0 Å². The van der Waals surface area contributed by atoms with Gasteiger partial charge in [0.15, 0.2) is 0 Å². The van der Waals surface area contributed by atoms with Crippen LogP contribution in [0, 0.1) is 0 Å². The lowest BCUT2D eigenvalue weighted by Crippen LogP contribution is -2.38. The van der Waals surface area contributed by atoms with Gasteiger partial charge < -0.3 is 0 Å². The SMILES string of the molecule is O=C(NC(=NN=Cc1ccc(Cl)cc1)NN=Cc1ccc(Cl)cc1)c1ccc(Cl)c(Cl)c1. The highest BCUT2D eigenvalue weighted by Crippen LogP contribution is 2.22. The second-order valence-corrected chi connectivity index (χ2v) is 7.94. The fraction of sp³-hybridized carbons (Fsp3) is 0. The Balaban J connectivity index is 1.76. The quantitative estimate of drug-likeness (QED) is 0.251. The molecule has 0 unspecified atom stereocenters. The standard InChI is InChI=1S/C22H15Cl4N5O/c23-17-6-1-14(2-7-17)12-27-30-22(31-28-13-15-3-8-18(24)9-4-15)29-21(32)16-5-10-19(25)20(26)11-16/h1-13H,(H2,29,30,31,32). The molecule has 3 rings (SSSR count). The van der Waals surface area contributed by atoms with Crippen LogP contribution in [0.4, 0.5) is 0 Å². The second kappa shape index (κ2) is 11.6. The Labute approximate surface area is 204 Å². The van der Waals surface area contributed by atoms with Crippen LogP contribution in [0.3, 0.4) is 0 Å². The molecule has 10 heteroatoms. The van der Waals surface area contributed by atoms with Crippen molar-refractivity contribution in [1.82, 2.24) is 10.7 Å². The summed E-state index contributed by atoms with van der Waals surface area (Å²) >= 11 is 23.7. The van der Waals surface area contributed by atoms with Crippen LogP contribution in [-0.2, 0) is 0 Å². The molecule has 0 radical (unpaired) electrons. The Bertz CT molecular complexity index is 1180. The monoisotopic (exact) mass is 505 g/mol. The number of carbonyl (C=O) groups excluding carboxylic acids is 1. The van der Waals surface area contributed by atoms with Gasteiger partial charge in [-0.05, 0) is 53.6 Å². The summed E-state index contributed by atoms with van der Waals surface area (Å²) in [6.07, 6.45) is 3.05. The van der Waals surface area contributed by atoms with Gasteiger partial charge in [-0.3, -0.25) is 10.1 Å². The van der Waals surface area contributed by atoms with Crippen molar-refractivity contribution >= 4 is 70.7 Å². The highest BCUT2D eigenvalue weighted by Gasteiger charge is 2.10. The number of hydrogen-bond acceptors (Lipinski definition) is 4.